The van der Waals surface area contributed by atoms with E-state index in [0.717, 1.165) is 139 Å². The maximum Gasteiger partial charge on any atom is 0.180 e. The number of imidazole rings is 4. The van der Waals surface area contributed by atoms with Crippen molar-refractivity contribution < 1.29 is 0 Å². The molecule has 380 valence electrons. The fraction of sp³-hybridized carbons (Fsp3) is 0.200. The maximum absolute atomic E-state index is 5.18. The van der Waals surface area contributed by atoms with Crippen molar-refractivity contribution in [2.24, 2.45) is 0 Å². The number of halogens is 9. The van der Waals surface area contributed by atoms with Gasteiger partial charge in [-0.3, -0.25) is 0 Å². The molecular weight excluding hydrogens is 1120 g/mol. The quantitative estimate of drug-likeness (QED) is 0.127. The van der Waals surface area contributed by atoms with Crippen LogP contribution in [0.2, 0.25) is 0 Å². The smallest absolute Gasteiger partial charge is 0.180 e. The summed E-state index contributed by atoms with van der Waals surface area (Å²) in [6.07, 6.45) is 0. The first-order valence-corrected chi connectivity index (χ1v) is 27.4. The first-order valence-electron chi connectivity index (χ1n) is 23.5. The number of nitrogens with zero attached hydrogens (tertiary/aromatic N) is 10. The van der Waals surface area contributed by atoms with E-state index in [9.17, 15) is 0 Å². The second kappa shape index (κ2) is 25.2. The van der Waals surface area contributed by atoms with Gasteiger partial charge in [0.1, 0.15) is 22.8 Å². The molecule has 0 unspecified atom stereocenters. The number of para-hydroxylation sites is 4. The van der Waals surface area contributed by atoms with Crippen molar-refractivity contribution in [1.82, 2.24) is 48.2 Å². The summed E-state index contributed by atoms with van der Waals surface area (Å²) < 4.78 is 6.69. The van der Waals surface area contributed by atoms with E-state index < -0.39 is 12.9 Å². The molecule has 0 fully saturated rings. The number of fused-ring (bicyclic) bond motifs is 4. The maximum atomic E-state index is 5.18. The van der Waals surface area contributed by atoms with Crippen molar-refractivity contribution in [1.29, 1.82) is 0 Å². The third-order valence-electron chi connectivity index (χ3n) is 12.0. The molecule has 0 N–H and O–H groups in total. The molecule has 11 aromatic rings. The molecule has 19 heteroatoms. The lowest BCUT2D eigenvalue weighted by atomic mass is 10.00. The molecule has 0 atom stereocenters. The number of hydrogen-bond donors (Lipinski definition) is 0. The summed E-state index contributed by atoms with van der Waals surface area (Å²) in [4.78, 5) is 30.6. The highest BCUT2D eigenvalue weighted by Crippen LogP contribution is 2.34. The molecule has 0 amide bonds. The van der Waals surface area contributed by atoms with Crippen molar-refractivity contribution >= 4 is 149 Å². The Morgan fingerprint density at radius 3 is 0.851 bits per heavy atom. The van der Waals surface area contributed by atoms with Crippen molar-refractivity contribution in [3.63, 3.8) is 0 Å². The fourth-order valence-electron chi connectivity index (χ4n) is 9.05. The Morgan fingerprint density at radius 2 is 0.554 bits per heavy atom. The zero-order valence-corrected chi connectivity index (χ0v) is 47.1. The second-order valence-electron chi connectivity index (χ2n) is 16.2. The highest BCUT2D eigenvalue weighted by atomic mass is 35.6. The second-order valence-corrected chi connectivity index (χ2v) is 22.2. The zero-order valence-electron chi connectivity index (χ0n) is 40.3. The van der Waals surface area contributed by atoms with Crippen LogP contribution in [-0.4, -0.2) is 61.1 Å². The van der Waals surface area contributed by atoms with Gasteiger partial charge >= 0.3 is 0 Å². The van der Waals surface area contributed by atoms with E-state index in [4.69, 9.17) is 134 Å². The van der Waals surface area contributed by atoms with Crippen LogP contribution < -0.4 is 0 Å². The van der Waals surface area contributed by atoms with Gasteiger partial charge in [0.05, 0.1) is 44.1 Å². The van der Waals surface area contributed by atoms with Gasteiger partial charge in [-0.1, -0.05) is 177 Å². The first kappa shape index (κ1) is 55.1. The van der Waals surface area contributed by atoms with Gasteiger partial charge in [0, 0.05) is 26.2 Å². The highest BCUT2D eigenvalue weighted by molar-refractivity contribution is 6.63. The topological polar surface area (TPSA) is 97.1 Å². The molecule has 0 radical (unpaired) electrons. The molecule has 0 saturated heterocycles. The van der Waals surface area contributed by atoms with Crippen LogP contribution in [0, 0.1) is 0 Å². The average molecular weight is 1170 g/mol. The molecule has 10 nitrogen and oxygen atoms in total. The summed E-state index contributed by atoms with van der Waals surface area (Å²) in [5, 5.41) is 0. The molecule has 0 aliphatic heterocycles. The average Bonchev–Trinajstić information content (AvgIpc) is 4.18. The predicted molar refractivity (Wildman–Crippen MR) is 315 cm³/mol. The standard InChI is InChI=1S/C52H44N10.3CHCl3/c1-5-59-45-21-11-9-15-37(45)55-49(59)39-17-13-19-41(53-39)51-57-43-31-35(27-29-47(43)61(51)7-3)33-23-25-34(26-24-33)36-28-30-48-44(32-36)58-52(62(48)8-4)42-20-14-18-40(54-42)50-56-38-16-10-12-22-46(38)60(50)6-2;3*2-1(3)4/h9-32H,5-8H2,1-4H3;3*1H. The first-order chi connectivity index (χ1) is 35.7. The van der Waals surface area contributed by atoms with Crippen molar-refractivity contribution in [3.8, 4) is 68.3 Å². The van der Waals surface area contributed by atoms with E-state index in [0.29, 0.717) is 0 Å². The van der Waals surface area contributed by atoms with Gasteiger partial charge in [0.15, 0.2) is 36.2 Å². The predicted octanol–water partition coefficient (Wildman–Crippen LogP) is 17.9. The van der Waals surface area contributed by atoms with Gasteiger partial charge in [0.25, 0.3) is 0 Å². The minimum absolute atomic E-state index is 0.750. The third kappa shape index (κ3) is 12.4. The molecule has 5 aromatic carbocycles. The molecule has 11 rings (SSSR count). The minimum atomic E-state index is -0.750. The summed E-state index contributed by atoms with van der Waals surface area (Å²) in [7, 11) is 0. The van der Waals surface area contributed by atoms with Gasteiger partial charge in [-0.2, -0.15) is 0 Å². The summed E-state index contributed by atoms with van der Waals surface area (Å²) in [5.74, 6) is 3.43. The van der Waals surface area contributed by atoms with Crippen molar-refractivity contribution in [2.75, 3.05) is 0 Å². The van der Waals surface area contributed by atoms with Gasteiger partial charge in [-0.25, -0.2) is 29.9 Å². The lowest BCUT2D eigenvalue weighted by molar-refractivity contribution is 0.788. The number of benzene rings is 5. The number of rotatable bonds is 10. The van der Waals surface area contributed by atoms with Crippen LogP contribution in [0.25, 0.3) is 112 Å². The Hall–Kier alpha value is -5.11. The van der Waals surface area contributed by atoms with Gasteiger partial charge in [-0.15, -0.1) is 0 Å². The number of aromatic nitrogens is 10. The number of aryl methyl sites for hydroxylation is 4. The molecule has 74 heavy (non-hydrogen) atoms. The van der Waals surface area contributed by atoms with Gasteiger partial charge < -0.3 is 18.3 Å². The van der Waals surface area contributed by atoms with E-state index in [2.05, 4.69) is 155 Å². The summed E-state index contributed by atoms with van der Waals surface area (Å²) >= 11 is 43.3. The van der Waals surface area contributed by atoms with E-state index >= 15 is 0 Å². The lowest BCUT2D eigenvalue weighted by Crippen LogP contribution is -2.02. The number of alkyl halides is 9. The highest BCUT2D eigenvalue weighted by Gasteiger charge is 2.20. The zero-order chi connectivity index (χ0) is 52.6. The molecule has 6 aromatic heterocycles. The monoisotopic (exact) mass is 1160 g/mol. The van der Waals surface area contributed by atoms with Crippen LogP contribution in [0.15, 0.2) is 146 Å². The largest absolute Gasteiger partial charge is 0.323 e. The Balaban J connectivity index is 0.000000552. The Kier molecular flexibility index (Phi) is 18.7. The van der Waals surface area contributed by atoms with Crippen LogP contribution in [0.3, 0.4) is 0 Å². The summed E-state index contributed by atoms with van der Waals surface area (Å²) in [5.41, 5.74) is 16.0. The van der Waals surface area contributed by atoms with Crippen LogP contribution in [0.1, 0.15) is 27.7 Å². The van der Waals surface area contributed by atoms with Crippen LogP contribution in [-0.2, 0) is 26.2 Å². The number of pyridine rings is 2. The Bertz CT molecular complexity index is 3420. The van der Waals surface area contributed by atoms with Crippen molar-refractivity contribution in [2.45, 2.75) is 66.8 Å². The van der Waals surface area contributed by atoms with Gasteiger partial charge in [0.2, 0.25) is 0 Å². The SMILES string of the molecule is CCn1c(-c2cccc(-c3nc4cc(-c5ccc(-c6ccc7c(c6)nc(-c6cccc(-c8nc9ccccc9n8CC)n6)n7CC)cc5)ccc4n3CC)n2)nc2ccccc21.ClC(Cl)Cl.ClC(Cl)Cl.ClC(Cl)Cl. The lowest BCUT2D eigenvalue weighted by Gasteiger charge is -2.09. The fourth-order valence-corrected chi connectivity index (χ4v) is 9.05. The normalized spacial score (nSPS) is 11.4. The minimum Gasteiger partial charge on any atom is -0.323 e. The summed E-state index contributed by atoms with van der Waals surface area (Å²) in [6, 6.07) is 50.7. The van der Waals surface area contributed by atoms with Crippen LogP contribution >= 0.6 is 104 Å². The Labute approximate surface area is 473 Å². The van der Waals surface area contributed by atoms with Crippen molar-refractivity contribution in [3.05, 3.63) is 146 Å². The molecule has 6 heterocycles. The third-order valence-corrected chi connectivity index (χ3v) is 12.0. The van der Waals surface area contributed by atoms with E-state index in [-0.39, 0.29) is 0 Å². The molecule has 0 saturated carbocycles. The van der Waals surface area contributed by atoms with E-state index in [1.165, 1.54) is 0 Å². The molecule has 0 aliphatic rings. The van der Waals surface area contributed by atoms with Crippen LogP contribution in [0.5, 0.6) is 0 Å². The molecule has 0 aliphatic carbocycles. The van der Waals surface area contributed by atoms with Crippen LogP contribution in [0.4, 0.5) is 0 Å². The molecule has 0 spiro atoms. The number of hydrogen-bond acceptors (Lipinski definition) is 6. The molecular formula is C55H47Cl9N10. The van der Waals surface area contributed by atoms with Gasteiger partial charge in [-0.05, 0) is 123 Å². The Morgan fingerprint density at radius 1 is 0.297 bits per heavy atom. The van der Waals surface area contributed by atoms with E-state index in [1.54, 1.807) is 0 Å². The molecule has 0 bridgehead atoms. The van der Waals surface area contributed by atoms with E-state index in [1.807, 2.05) is 36.4 Å². The summed E-state index contributed by atoms with van der Waals surface area (Å²) in [6.45, 7) is 11.8.